The Morgan fingerprint density at radius 1 is 1.21 bits per heavy atom. The summed E-state index contributed by atoms with van der Waals surface area (Å²) in [6.45, 7) is 5.74. The number of carbonyl (C=O) groups is 2. The summed E-state index contributed by atoms with van der Waals surface area (Å²) < 4.78 is 1.72. The molecule has 0 saturated heterocycles. The van der Waals surface area contributed by atoms with E-state index in [1.165, 1.54) is 0 Å². The molecule has 0 unspecified atom stereocenters. The van der Waals surface area contributed by atoms with Gasteiger partial charge in [0.15, 0.2) is 5.78 Å². The van der Waals surface area contributed by atoms with Crippen LogP contribution in [0.1, 0.15) is 47.9 Å². The van der Waals surface area contributed by atoms with Gasteiger partial charge in [-0.25, -0.2) is 0 Å². The third-order valence-electron chi connectivity index (χ3n) is 3.69. The van der Waals surface area contributed by atoms with E-state index >= 15 is 0 Å². The van der Waals surface area contributed by atoms with Crippen molar-refractivity contribution in [3.8, 4) is 0 Å². The van der Waals surface area contributed by atoms with E-state index in [4.69, 9.17) is 0 Å². The third kappa shape index (κ3) is 1.72. The predicted octanol–water partition coefficient (Wildman–Crippen LogP) is 3.46. The van der Waals surface area contributed by atoms with Gasteiger partial charge in [0.05, 0.1) is 5.52 Å². The molecule has 0 fully saturated rings. The molecule has 1 aromatic carbocycles. The molecule has 0 amide bonds. The van der Waals surface area contributed by atoms with E-state index in [1.807, 2.05) is 45.2 Å². The minimum Gasteiger partial charge on any atom is -0.294 e. The van der Waals surface area contributed by atoms with Crippen LogP contribution in [0.25, 0.3) is 10.9 Å². The zero-order valence-corrected chi connectivity index (χ0v) is 11.5. The first-order valence-corrected chi connectivity index (χ1v) is 6.60. The number of aryl methyl sites for hydroxylation is 1. The normalized spacial score (nSPS) is 15.0. The van der Waals surface area contributed by atoms with Gasteiger partial charge in [-0.1, -0.05) is 32.9 Å². The van der Waals surface area contributed by atoms with Gasteiger partial charge in [-0.15, -0.1) is 0 Å². The number of carbonyl (C=O) groups excluding carboxylic acids is 2. The van der Waals surface area contributed by atoms with Crippen LogP contribution in [0, 0.1) is 5.41 Å². The number of nitrogens with zero attached hydrogens (tertiary/aromatic N) is 1. The van der Waals surface area contributed by atoms with Crippen LogP contribution in [0.15, 0.2) is 24.4 Å². The quantitative estimate of drug-likeness (QED) is 0.723. The SMILES string of the molecule is CC(C)(C)C(=O)n1cc2c3c(cccc31)C(=O)CC2. The molecule has 3 heteroatoms. The fourth-order valence-corrected chi connectivity index (χ4v) is 2.70. The summed E-state index contributed by atoms with van der Waals surface area (Å²) in [5.74, 6) is 0.245. The standard InChI is InChI=1S/C16H17NO2/c1-16(2,3)15(19)17-9-10-7-8-13(18)11-5-4-6-12(17)14(10)11/h4-6,9H,7-8H2,1-3H3. The van der Waals surface area contributed by atoms with E-state index in [0.29, 0.717) is 6.42 Å². The molecular weight excluding hydrogens is 238 g/mol. The Labute approximate surface area is 112 Å². The lowest BCUT2D eigenvalue weighted by atomic mass is 9.92. The van der Waals surface area contributed by atoms with Crippen LogP contribution in [-0.4, -0.2) is 16.3 Å². The molecule has 19 heavy (non-hydrogen) atoms. The zero-order chi connectivity index (χ0) is 13.8. The van der Waals surface area contributed by atoms with Gasteiger partial charge in [0.25, 0.3) is 0 Å². The van der Waals surface area contributed by atoms with Crippen molar-refractivity contribution in [2.24, 2.45) is 5.41 Å². The number of aromatic nitrogens is 1. The lowest BCUT2D eigenvalue weighted by Gasteiger charge is -2.17. The maximum absolute atomic E-state index is 12.5. The van der Waals surface area contributed by atoms with Gasteiger partial charge in [-0.05, 0) is 18.1 Å². The summed E-state index contributed by atoms with van der Waals surface area (Å²) in [7, 11) is 0. The molecule has 0 N–H and O–H groups in total. The minimum absolute atomic E-state index is 0.0650. The molecule has 1 aliphatic carbocycles. The lowest BCUT2D eigenvalue weighted by molar-refractivity contribution is 0.0772. The summed E-state index contributed by atoms with van der Waals surface area (Å²) in [4.78, 5) is 24.5. The zero-order valence-electron chi connectivity index (χ0n) is 11.5. The van der Waals surface area contributed by atoms with Gasteiger partial charge in [0.2, 0.25) is 5.91 Å². The molecule has 0 bridgehead atoms. The predicted molar refractivity (Wildman–Crippen MR) is 74.7 cm³/mol. The van der Waals surface area contributed by atoms with Crippen molar-refractivity contribution in [3.63, 3.8) is 0 Å². The minimum atomic E-state index is -0.433. The number of hydrogen-bond acceptors (Lipinski definition) is 2. The van der Waals surface area contributed by atoms with Gasteiger partial charge >= 0.3 is 0 Å². The average Bonchev–Trinajstić information content (AvgIpc) is 2.72. The molecule has 1 heterocycles. The molecule has 2 aromatic rings. The van der Waals surface area contributed by atoms with Gasteiger partial charge in [-0.2, -0.15) is 0 Å². The smallest absolute Gasteiger partial charge is 0.236 e. The van der Waals surface area contributed by atoms with E-state index in [1.54, 1.807) is 4.57 Å². The molecule has 0 aliphatic heterocycles. The van der Waals surface area contributed by atoms with E-state index in [2.05, 4.69) is 0 Å². The lowest BCUT2D eigenvalue weighted by Crippen LogP contribution is -2.26. The molecule has 1 aliphatic rings. The topological polar surface area (TPSA) is 39.1 Å². The molecule has 3 nitrogen and oxygen atoms in total. The van der Waals surface area contributed by atoms with Crippen LogP contribution in [0.5, 0.6) is 0 Å². The van der Waals surface area contributed by atoms with Crippen LogP contribution in [0.2, 0.25) is 0 Å². The number of ketones is 1. The van der Waals surface area contributed by atoms with E-state index < -0.39 is 5.41 Å². The molecule has 0 atom stereocenters. The number of hydrogen-bond donors (Lipinski definition) is 0. The van der Waals surface area contributed by atoms with Crippen molar-refractivity contribution in [3.05, 3.63) is 35.5 Å². The highest BCUT2D eigenvalue weighted by atomic mass is 16.2. The van der Waals surface area contributed by atoms with Gasteiger partial charge in [-0.3, -0.25) is 14.2 Å². The first-order valence-electron chi connectivity index (χ1n) is 6.60. The van der Waals surface area contributed by atoms with E-state index in [-0.39, 0.29) is 11.7 Å². The first kappa shape index (κ1) is 12.2. The Kier molecular flexibility index (Phi) is 2.43. The Bertz CT molecular complexity index is 701. The molecule has 0 spiro atoms. The maximum atomic E-state index is 12.5. The fourth-order valence-electron chi connectivity index (χ4n) is 2.70. The Morgan fingerprint density at radius 2 is 1.95 bits per heavy atom. The van der Waals surface area contributed by atoms with Crippen LogP contribution in [-0.2, 0) is 6.42 Å². The highest BCUT2D eigenvalue weighted by Crippen LogP contribution is 2.32. The van der Waals surface area contributed by atoms with E-state index in [0.717, 1.165) is 28.5 Å². The van der Waals surface area contributed by atoms with Crippen LogP contribution in [0.3, 0.4) is 0 Å². The van der Waals surface area contributed by atoms with Crippen molar-refractivity contribution in [1.29, 1.82) is 0 Å². The second-order valence-corrected chi connectivity index (χ2v) is 6.20. The van der Waals surface area contributed by atoms with Crippen LogP contribution >= 0.6 is 0 Å². The van der Waals surface area contributed by atoms with Gasteiger partial charge in [0.1, 0.15) is 0 Å². The number of benzene rings is 1. The molecule has 1 aromatic heterocycles. The van der Waals surface area contributed by atoms with Crippen LogP contribution < -0.4 is 0 Å². The average molecular weight is 255 g/mol. The van der Waals surface area contributed by atoms with Crippen LogP contribution in [0.4, 0.5) is 0 Å². The highest BCUT2D eigenvalue weighted by Gasteiger charge is 2.28. The second kappa shape index (κ2) is 3.80. The maximum Gasteiger partial charge on any atom is 0.236 e. The van der Waals surface area contributed by atoms with Crippen molar-refractivity contribution >= 4 is 22.6 Å². The van der Waals surface area contributed by atoms with Gasteiger partial charge in [0, 0.05) is 29.0 Å². The largest absolute Gasteiger partial charge is 0.294 e. The first-order chi connectivity index (χ1) is 8.89. The summed E-state index contributed by atoms with van der Waals surface area (Å²) >= 11 is 0. The van der Waals surface area contributed by atoms with Crippen molar-refractivity contribution < 1.29 is 9.59 Å². The molecule has 0 saturated carbocycles. The number of rotatable bonds is 0. The fraction of sp³-hybridized carbons (Fsp3) is 0.375. The molecular formula is C16H17NO2. The Morgan fingerprint density at radius 3 is 2.63 bits per heavy atom. The summed E-state index contributed by atoms with van der Waals surface area (Å²) in [6.07, 6.45) is 3.19. The summed E-state index contributed by atoms with van der Waals surface area (Å²) in [5, 5.41) is 0.969. The highest BCUT2D eigenvalue weighted by molar-refractivity contribution is 6.12. The second-order valence-electron chi connectivity index (χ2n) is 6.20. The Hall–Kier alpha value is -1.90. The monoisotopic (exact) mass is 255 g/mol. The molecule has 3 rings (SSSR count). The van der Waals surface area contributed by atoms with Crippen molar-refractivity contribution in [2.45, 2.75) is 33.6 Å². The number of Topliss-reactive ketones (excluding diaryl/α,β-unsaturated/α-hetero) is 1. The molecule has 0 radical (unpaired) electrons. The van der Waals surface area contributed by atoms with Gasteiger partial charge < -0.3 is 0 Å². The van der Waals surface area contributed by atoms with Crippen molar-refractivity contribution in [2.75, 3.05) is 0 Å². The van der Waals surface area contributed by atoms with Crippen molar-refractivity contribution in [1.82, 2.24) is 4.57 Å². The molecule has 98 valence electrons. The van der Waals surface area contributed by atoms with E-state index in [9.17, 15) is 9.59 Å². The Balaban J connectivity index is 2.31. The third-order valence-corrected chi connectivity index (χ3v) is 3.69. The summed E-state index contributed by atoms with van der Waals surface area (Å²) in [6, 6.07) is 5.64. The summed E-state index contributed by atoms with van der Waals surface area (Å²) in [5.41, 5.74) is 2.31.